The summed E-state index contributed by atoms with van der Waals surface area (Å²) in [5.41, 5.74) is 21.5. The van der Waals surface area contributed by atoms with E-state index in [1.54, 1.807) is 46.4 Å². The number of benzene rings is 16. The molecule has 0 saturated carbocycles. The Bertz CT molecular complexity index is 8700. The van der Waals surface area contributed by atoms with Gasteiger partial charge in [-0.3, -0.25) is 9.97 Å². The zero-order valence-electron chi connectivity index (χ0n) is 71.9. The van der Waals surface area contributed by atoms with Crippen LogP contribution in [0.25, 0.3) is 241 Å². The van der Waals surface area contributed by atoms with Crippen molar-refractivity contribution >= 4 is 119 Å². The van der Waals surface area contributed by atoms with Crippen molar-refractivity contribution in [1.29, 1.82) is 0 Å². The van der Waals surface area contributed by atoms with Crippen LogP contribution in [0, 0.1) is 0 Å². The van der Waals surface area contributed by atoms with Gasteiger partial charge in [0.05, 0.1) is 14.6 Å². The molecule has 0 bridgehead atoms. The van der Waals surface area contributed by atoms with Crippen LogP contribution in [0.15, 0.2) is 424 Å². The first kappa shape index (κ1) is 79.7. The number of aromatic nitrogens is 11. The zero-order valence-corrected chi connectivity index (χ0v) is 74.3. The third kappa shape index (κ3) is 15.4. The Balaban J connectivity index is 0.000000110. The van der Waals surface area contributed by atoms with Gasteiger partial charge in [-0.15, -0.1) is 34.0 Å². The lowest BCUT2D eigenvalue weighted by Crippen LogP contribution is -2.14. The summed E-state index contributed by atoms with van der Waals surface area (Å²) >= 11 is 5.11. The molecule has 1 aliphatic rings. The summed E-state index contributed by atoms with van der Waals surface area (Å²) in [4.78, 5) is 57.1. The van der Waals surface area contributed by atoms with E-state index in [4.69, 9.17) is 49.3 Å². The minimum atomic E-state index is -0.121. The van der Waals surface area contributed by atoms with E-state index < -0.39 is 0 Å². The van der Waals surface area contributed by atoms with Crippen LogP contribution in [0.2, 0.25) is 0 Å². The molecule has 0 atom stereocenters. The van der Waals surface area contributed by atoms with Gasteiger partial charge in [0.15, 0.2) is 52.4 Å². The molecule has 12 nitrogen and oxygen atoms in total. The normalized spacial score (nSPS) is 12.0. The fourth-order valence-electron chi connectivity index (χ4n) is 18.2. The van der Waals surface area contributed by atoms with Crippen LogP contribution in [0.1, 0.15) is 25.0 Å². The maximum atomic E-state index is 6.32. The fraction of sp³-hybridized carbons (Fsp3) is 0.0254. The summed E-state index contributed by atoms with van der Waals surface area (Å²) in [6, 6.07) is 138. The number of hydrogen-bond acceptors (Lipinski definition) is 15. The monoisotopic (exact) mass is 1760 g/mol. The highest BCUT2D eigenvalue weighted by atomic mass is 32.1. The molecule has 0 radical (unpaired) electrons. The van der Waals surface area contributed by atoms with Crippen LogP contribution in [0.3, 0.4) is 0 Å². The standard InChI is InChI=1S/C42H27N3OS.2C38H24N4S/c1-42(2)32-15-7-6-13-28(32)38-29(14-9-16-33(38)42)40-43-39(44-41(45-40)37-23-26-12-5-8-17-36(26)47-37)27-18-19-34-30(21-27)31-20-24-10-3-4-11-25(24)22-35(31)46-34;1-3-11-32-26(7-1)9-5-12-33(32)27-16-20-29(21-17-27)37-40-36(28-18-14-25(15-19-28)31-10-6-22-39-24-31)41-38(42-37)35-23-30-8-2-4-13-34(30)43-35;1-2-7-25(8-3-1)28-16-17-30-22-32(19-18-29(30)21-28)37-40-36(27-14-12-26(13-15-27)33-10-6-20-39-24-33)41-38(42-37)35-23-31-9-4-5-11-34(31)43-35/h3-23H,1-2H3;2*1-24H. The Labute approximate surface area is 777 Å². The Morgan fingerprint density at radius 1 is 0.211 bits per heavy atom. The number of rotatable bonds is 13. The van der Waals surface area contributed by atoms with Crippen molar-refractivity contribution in [3.63, 3.8) is 0 Å². The van der Waals surface area contributed by atoms with Crippen molar-refractivity contribution in [3.8, 4) is 156 Å². The molecule has 9 heterocycles. The van der Waals surface area contributed by atoms with Gasteiger partial charge in [0.1, 0.15) is 11.2 Å². The van der Waals surface area contributed by atoms with Crippen LogP contribution in [-0.4, -0.2) is 54.8 Å². The molecule has 16 aromatic carbocycles. The van der Waals surface area contributed by atoms with Crippen molar-refractivity contribution in [2.75, 3.05) is 0 Å². The van der Waals surface area contributed by atoms with Gasteiger partial charge in [0.2, 0.25) is 0 Å². The molecule has 15 heteroatoms. The lowest BCUT2D eigenvalue weighted by atomic mass is 9.82. The minimum Gasteiger partial charge on any atom is -0.456 e. The van der Waals surface area contributed by atoms with Crippen molar-refractivity contribution in [2.24, 2.45) is 0 Å². The smallest absolute Gasteiger partial charge is 0.174 e. The molecule has 0 fully saturated rings. The maximum absolute atomic E-state index is 6.32. The topological polar surface area (TPSA) is 155 Å². The first-order valence-corrected chi connectivity index (χ1v) is 46.6. The average molecular weight is 1760 g/mol. The molecule has 25 aromatic rings. The Morgan fingerprint density at radius 3 is 1.14 bits per heavy atom. The summed E-state index contributed by atoms with van der Waals surface area (Å²) in [7, 11) is 0. The second kappa shape index (κ2) is 33.7. The zero-order chi connectivity index (χ0) is 88.5. The Kier molecular flexibility index (Phi) is 20.2. The lowest BCUT2D eigenvalue weighted by molar-refractivity contribution is 0.660. The summed E-state index contributed by atoms with van der Waals surface area (Å²) in [5, 5.41) is 12.8. The van der Waals surface area contributed by atoms with Crippen LogP contribution in [-0.2, 0) is 5.41 Å². The van der Waals surface area contributed by atoms with E-state index in [1.165, 1.54) is 90.7 Å². The van der Waals surface area contributed by atoms with Crippen molar-refractivity contribution in [1.82, 2.24) is 54.8 Å². The number of nitrogens with zero attached hydrogens (tertiary/aromatic N) is 11. The summed E-state index contributed by atoms with van der Waals surface area (Å²) in [5.74, 6) is 5.95. The second-order valence-corrected chi connectivity index (χ2v) is 36.9. The van der Waals surface area contributed by atoms with Gasteiger partial charge in [0, 0.05) is 88.5 Å². The van der Waals surface area contributed by atoms with E-state index in [-0.39, 0.29) is 5.41 Å². The molecule has 133 heavy (non-hydrogen) atoms. The quantitative estimate of drug-likeness (QED) is 0.108. The van der Waals surface area contributed by atoms with E-state index in [0.29, 0.717) is 52.4 Å². The van der Waals surface area contributed by atoms with Gasteiger partial charge in [-0.1, -0.05) is 317 Å². The number of hydrogen-bond donors (Lipinski definition) is 0. The molecule has 26 rings (SSSR count). The molecule has 0 spiro atoms. The minimum absolute atomic E-state index is 0.121. The van der Waals surface area contributed by atoms with Gasteiger partial charge in [-0.25, -0.2) is 44.9 Å². The number of pyridine rings is 2. The van der Waals surface area contributed by atoms with Crippen LogP contribution in [0.5, 0.6) is 0 Å². The number of furan rings is 1. The highest BCUT2D eigenvalue weighted by molar-refractivity contribution is 7.23. The van der Waals surface area contributed by atoms with Gasteiger partial charge in [-0.2, -0.15) is 0 Å². The fourth-order valence-corrected chi connectivity index (χ4v) is 21.2. The Hall–Kier alpha value is -16.7. The van der Waals surface area contributed by atoms with E-state index in [9.17, 15) is 0 Å². The first-order chi connectivity index (χ1) is 65.6. The highest BCUT2D eigenvalue weighted by Gasteiger charge is 2.37. The largest absolute Gasteiger partial charge is 0.456 e. The van der Waals surface area contributed by atoms with Crippen molar-refractivity contribution in [3.05, 3.63) is 430 Å². The van der Waals surface area contributed by atoms with Crippen LogP contribution >= 0.6 is 34.0 Å². The van der Waals surface area contributed by atoms with Crippen molar-refractivity contribution in [2.45, 2.75) is 19.3 Å². The predicted molar refractivity (Wildman–Crippen MR) is 549 cm³/mol. The van der Waals surface area contributed by atoms with Crippen LogP contribution in [0.4, 0.5) is 0 Å². The lowest BCUT2D eigenvalue weighted by Gasteiger charge is -2.21. The second-order valence-electron chi connectivity index (χ2n) is 33.7. The van der Waals surface area contributed by atoms with Crippen molar-refractivity contribution < 1.29 is 4.42 Å². The van der Waals surface area contributed by atoms with E-state index in [1.807, 2.05) is 36.7 Å². The molecular weight excluding hydrogens is 1680 g/mol. The molecule has 0 unspecified atom stereocenters. The summed E-state index contributed by atoms with van der Waals surface area (Å²) in [6.07, 6.45) is 7.32. The average Bonchev–Trinajstić information content (AvgIpc) is 1.57. The van der Waals surface area contributed by atoms with Gasteiger partial charge < -0.3 is 4.42 Å². The van der Waals surface area contributed by atoms with Gasteiger partial charge >= 0.3 is 0 Å². The number of fused-ring (bicyclic) bond motifs is 12. The SMILES string of the molecule is CC1(C)c2ccccc2-c2c(-c3nc(-c4ccc5oc6cc7ccccc7cc6c5c4)nc(-c4cc5ccccc5s4)n3)cccc21.c1ccc(-c2ccc3cc(-c4nc(-c5ccc(-c6cccnc6)cc5)nc(-c5cc6ccccc6s5)n4)ccc3c2)cc1.c1cncc(-c2ccc(-c3nc(-c4ccc(-c5cccc6ccccc56)cc4)nc(-c4cc5ccccc5s4)n3)cc2)c1. The summed E-state index contributed by atoms with van der Waals surface area (Å²) < 4.78 is 9.95. The van der Waals surface area contributed by atoms with E-state index in [0.717, 1.165) is 109 Å². The van der Waals surface area contributed by atoms with E-state index in [2.05, 4.69) is 394 Å². The van der Waals surface area contributed by atoms with Crippen LogP contribution < -0.4 is 0 Å². The van der Waals surface area contributed by atoms with Gasteiger partial charge in [-0.05, 0) is 206 Å². The maximum Gasteiger partial charge on any atom is 0.174 e. The number of thiophene rings is 3. The molecular formula is C118H75N11OS3. The molecule has 1 aliphatic carbocycles. The molecule has 0 aliphatic heterocycles. The summed E-state index contributed by atoms with van der Waals surface area (Å²) in [6.45, 7) is 4.60. The molecule has 9 aromatic heterocycles. The molecule has 0 N–H and O–H groups in total. The highest BCUT2D eigenvalue weighted by Crippen LogP contribution is 2.53. The molecule has 626 valence electrons. The predicted octanol–water partition coefficient (Wildman–Crippen LogP) is 31.4. The molecule has 0 amide bonds. The third-order valence-electron chi connectivity index (χ3n) is 25.0. The van der Waals surface area contributed by atoms with Gasteiger partial charge in [0.25, 0.3) is 0 Å². The third-order valence-corrected chi connectivity index (χ3v) is 28.3. The Morgan fingerprint density at radius 2 is 0.579 bits per heavy atom. The first-order valence-electron chi connectivity index (χ1n) is 44.1. The van der Waals surface area contributed by atoms with E-state index >= 15 is 0 Å². The molecule has 0 saturated heterocycles.